The summed E-state index contributed by atoms with van der Waals surface area (Å²) in [5.74, 6) is 5.74. The summed E-state index contributed by atoms with van der Waals surface area (Å²) in [5.41, 5.74) is 0.539. The van der Waals surface area contributed by atoms with Crippen LogP contribution in [0.5, 0.6) is 0 Å². The first-order valence-corrected chi connectivity index (χ1v) is 13.9. The van der Waals surface area contributed by atoms with E-state index in [2.05, 4.69) is 53.7 Å². The van der Waals surface area contributed by atoms with E-state index in [1.807, 2.05) is 0 Å². The Hall–Kier alpha value is -0.590. The summed E-state index contributed by atoms with van der Waals surface area (Å²) in [5, 5.41) is 0. The van der Waals surface area contributed by atoms with Crippen LogP contribution < -0.4 is 0 Å². The van der Waals surface area contributed by atoms with Crippen LogP contribution in [0, 0.1) is 57.7 Å². The molecule has 9 atom stereocenters. The lowest BCUT2D eigenvalue weighted by Gasteiger charge is -2.61. The van der Waals surface area contributed by atoms with Crippen LogP contribution in [-0.4, -0.2) is 6.29 Å². The van der Waals surface area contributed by atoms with Crippen LogP contribution in [0.3, 0.4) is 0 Å². The molecule has 0 aromatic rings. The highest BCUT2D eigenvalue weighted by molar-refractivity contribution is 5.66. The minimum Gasteiger partial charge on any atom is -0.302 e. The zero-order valence-electron chi connectivity index (χ0n) is 21.5. The number of allylic oxidation sites excluding steroid dienone is 2. The second kappa shape index (κ2) is 8.64. The number of hydrogen-bond donors (Lipinski definition) is 0. The van der Waals surface area contributed by atoms with Gasteiger partial charge in [0.25, 0.3) is 0 Å². The maximum Gasteiger partial charge on any atom is 0.130 e. The van der Waals surface area contributed by atoms with Crippen molar-refractivity contribution >= 4 is 6.29 Å². The highest BCUT2D eigenvalue weighted by Gasteiger charge is 2.62. The van der Waals surface area contributed by atoms with Crippen LogP contribution >= 0.6 is 0 Å². The molecule has 0 spiro atoms. The normalized spacial score (nSPS) is 46.2. The predicted molar refractivity (Wildman–Crippen MR) is 132 cm³/mol. The van der Waals surface area contributed by atoms with E-state index < -0.39 is 0 Å². The minimum absolute atomic E-state index is 0.169. The fraction of sp³-hybridized carbons (Fsp3) is 0.900. The van der Waals surface area contributed by atoms with Crippen molar-refractivity contribution < 1.29 is 4.79 Å². The SMILES string of the molecule is CC[C@H](CC[C@@H](C)[C@H]1CC[C@H]2[C@@H]3C=C[C@@]4(C=O)CCCC[C@]4(C)[C@H]3CC[C@]12C)C(C)C. The third kappa shape index (κ3) is 3.59. The molecule has 1 heteroatoms. The van der Waals surface area contributed by atoms with Gasteiger partial charge in [-0.1, -0.05) is 79.4 Å². The summed E-state index contributed by atoms with van der Waals surface area (Å²) < 4.78 is 0. The maximum absolute atomic E-state index is 12.4. The van der Waals surface area contributed by atoms with Gasteiger partial charge in [0, 0.05) is 5.41 Å². The number of aldehydes is 1. The van der Waals surface area contributed by atoms with Crippen molar-refractivity contribution in [3.63, 3.8) is 0 Å². The van der Waals surface area contributed by atoms with E-state index in [1.54, 1.807) is 0 Å². The maximum atomic E-state index is 12.4. The highest BCUT2D eigenvalue weighted by Crippen LogP contribution is 2.69. The minimum atomic E-state index is -0.169. The molecule has 0 aromatic heterocycles. The molecule has 31 heavy (non-hydrogen) atoms. The van der Waals surface area contributed by atoms with Crippen molar-refractivity contribution in [1.82, 2.24) is 0 Å². The molecule has 0 saturated heterocycles. The summed E-state index contributed by atoms with van der Waals surface area (Å²) in [6.45, 7) is 14.9. The van der Waals surface area contributed by atoms with E-state index in [9.17, 15) is 4.79 Å². The molecule has 0 radical (unpaired) electrons. The second-order valence-corrected chi connectivity index (χ2v) is 13.1. The summed E-state index contributed by atoms with van der Waals surface area (Å²) in [6.07, 6.45) is 21.0. The first-order chi connectivity index (χ1) is 14.7. The number of hydrogen-bond acceptors (Lipinski definition) is 1. The lowest BCUT2D eigenvalue weighted by molar-refractivity contribution is -0.137. The summed E-state index contributed by atoms with van der Waals surface area (Å²) in [4.78, 5) is 12.4. The zero-order chi connectivity index (χ0) is 22.4. The second-order valence-electron chi connectivity index (χ2n) is 13.1. The van der Waals surface area contributed by atoms with Gasteiger partial charge in [-0.15, -0.1) is 0 Å². The Morgan fingerprint density at radius 2 is 1.71 bits per heavy atom. The molecule has 4 rings (SSSR count). The number of carbonyl (C=O) groups is 1. The van der Waals surface area contributed by atoms with Crippen molar-refractivity contribution in [1.29, 1.82) is 0 Å². The lowest BCUT2D eigenvalue weighted by atomic mass is 9.42. The van der Waals surface area contributed by atoms with E-state index in [4.69, 9.17) is 0 Å². The van der Waals surface area contributed by atoms with Gasteiger partial charge < -0.3 is 4.79 Å². The Morgan fingerprint density at radius 1 is 0.968 bits per heavy atom. The van der Waals surface area contributed by atoms with Gasteiger partial charge in [0.15, 0.2) is 0 Å². The fourth-order valence-corrected chi connectivity index (χ4v) is 9.62. The van der Waals surface area contributed by atoms with Crippen molar-refractivity contribution in [2.45, 2.75) is 112 Å². The van der Waals surface area contributed by atoms with Crippen molar-refractivity contribution in [2.75, 3.05) is 0 Å². The zero-order valence-corrected chi connectivity index (χ0v) is 21.5. The van der Waals surface area contributed by atoms with Crippen molar-refractivity contribution in [2.24, 2.45) is 57.7 Å². The molecule has 0 amide bonds. The molecule has 0 aliphatic heterocycles. The van der Waals surface area contributed by atoms with E-state index in [0.29, 0.717) is 11.3 Å². The third-order valence-corrected chi connectivity index (χ3v) is 11.8. The van der Waals surface area contributed by atoms with E-state index in [1.165, 1.54) is 70.5 Å². The Balaban J connectivity index is 1.53. The molecule has 4 aliphatic carbocycles. The smallest absolute Gasteiger partial charge is 0.130 e. The van der Waals surface area contributed by atoms with Gasteiger partial charge in [0.05, 0.1) is 0 Å². The predicted octanol–water partition coefficient (Wildman–Crippen LogP) is 8.48. The topological polar surface area (TPSA) is 17.1 Å². The first-order valence-electron chi connectivity index (χ1n) is 13.9. The highest BCUT2D eigenvalue weighted by atomic mass is 16.1. The molecule has 0 unspecified atom stereocenters. The average Bonchev–Trinajstić information content (AvgIpc) is 3.10. The molecular weight excluding hydrogens is 376 g/mol. The van der Waals surface area contributed by atoms with E-state index in [-0.39, 0.29) is 10.8 Å². The van der Waals surface area contributed by atoms with Crippen LogP contribution in [0.1, 0.15) is 112 Å². The molecule has 1 nitrogen and oxygen atoms in total. The number of fused-ring (bicyclic) bond motifs is 5. The molecule has 176 valence electrons. The van der Waals surface area contributed by atoms with Gasteiger partial charge in [-0.3, -0.25) is 0 Å². The molecule has 3 saturated carbocycles. The van der Waals surface area contributed by atoms with E-state index in [0.717, 1.165) is 41.9 Å². The van der Waals surface area contributed by atoms with Gasteiger partial charge in [-0.05, 0) is 97.2 Å². The monoisotopic (exact) mass is 426 g/mol. The van der Waals surface area contributed by atoms with Crippen LogP contribution in [0.25, 0.3) is 0 Å². The Kier molecular flexibility index (Phi) is 6.57. The Labute approximate surface area is 193 Å². The van der Waals surface area contributed by atoms with Crippen molar-refractivity contribution in [3.05, 3.63) is 12.2 Å². The molecule has 0 aromatic carbocycles. The van der Waals surface area contributed by atoms with Gasteiger partial charge in [-0.2, -0.15) is 0 Å². The molecule has 0 bridgehead atoms. The fourth-order valence-electron chi connectivity index (χ4n) is 9.62. The largest absolute Gasteiger partial charge is 0.302 e. The molecule has 0 N–H and O–H groups in total. The number of carbonyl (C=O) groups excluding carboxylic acids is 1. The van der Waals surface area contributed by atoms with Gasteiger partial charge in [0.1, 0.15) is 6.29 Å². The molecular formula is C30H50O. The first kappa shape index (κ1) is 23.6. The molecule has 0 heterocycles. The third-order valence-electron chi connectivity index (χ3n) is 11.8. The summed E-state index contributed by atoms with van der Waals surface area (Å²) in [7, 11) is 0. The Bertz CT molecular complexity index is 678. The van der Waals surface area contributed by atoms with Crippen LogP contribution in [0.2, 0.25) is 0 Å². The quantitative estimate of drug-likeness (QED) is 0.294. The van der Waals surface area contributed by atoms with Gasteiger partial charge in [-0.25, -0.2) is 0 Å². The molecule has 3 fully saturated rings. The molecule has 4 aliphatic rings. The van der Waals surface area contributed by atoms with Crippen LogP contribution in [0.15, 0.2) is 12.2 Å². The van der Waals surface area contributed by atoms with Gasteiger partial charge >= 0.3 is 0 Å². The average molecular weight is 427 g/mol. The standard InChI is InChI=1S/C30H50O/c1-7-23(21(2)3)11-10-22(4)25-12-13-26-24-14-19-30(20-31)17-9-8-16-29(30,6)27(24)15-18-28(25,26)5/h14,19-27H,7-13,15-18H2,1-6H3/t22-,23-,24+,25-,26+,27+,28-,29-,30-/m1/s1. The Morgan fingerprint density at radius 3 is 2.39 bits per heavy atom. The van der Waals surface area contributed by atoms with E-state index >= 15 is 0 Å². The number of rotatable bonds is 7. The van der Waals surface area contributed by atoms with Crippen LogP contribution in [-0.2, 0) is 4.79 Å². The van der Waals surface area contributed by atoms with Gasteiger partial charge in [0.2, 0.25) is 0 Å². The van der Waals surface area contributed by atoms with Crippen LogP contribution in [0.4, 0.5) is 0 Å². The summed E-state index contributed by atoms with van der Waals surface area (Å²) in [6, 6.07) is 0. The summed E-state index contributed by atoms with van der Waals surface area (Å²) >= 11 is 0. The lowest BCUT2D eigenvalue weighted by Crippen LogP contribution is -2.56. The van der Waals surface area contributed by atoms with Crippen molar-refractivity contribution in [3.8, 4) is 0 Å².